The van der Waals surface area contributed by atoms with Crippen molar-refractivity contribution < 1.29 is 4.74 Å². The van der Waals surface area contributed by atoms with Crippen LogP contribution in [0.2, 0.25) is 0 Å². The van der Waals surface area contributed by atoms with Crippen molar-refractivity contribution in [1.29, 1.82) is 0 Å². The van der Waals surface area contributed by atoms with E-state index in [2.05, 4.69) is 48.8 Å². The molecule has 0 aliphatic heterocycles. The van der Waals surface area contributed by atoms with Crippen LogP contribution in [0.5, 0.6) is 0 Å². The van der Waals surface area contributed by atoms with E-state index < -0.39 is 0 Å². The largest absolute Gasteiger partial charge is 0.385 e. The number of ether oxygens (including phenoxy) is 1. The highest BCUT2D eigenvalue weighted by Gasteiger charge is 2.03. The summed E-state index contributed by atoms with van der Waals surface area (Å²) >= 11 is 1.72. The summed E-state index contributed by atoms with van der Waals surface area (Å²) in [6, 6.07) is 4.15. The number of aromatic nitrogens is 3. The van der Waals surface area contributed by atoms with Gasteiger partial charge < -0.3 is 19.9 Å². The van der Waals surface area contributed by atoms with Gasteiger partial charge in [-0.3, -0.25) is 0 Å². The van der Waals surface area contributed by atoms with Crippen LogP contribution in [0.4, 0.5) is 0 Å². The third kappa shape index (κ3) is 8.15. The standard InChI is InChI=1S/C16H26N6OS.HI/c1-3-15-21-20-13-22(15)9-8-18-16(17-7-5-10-23-2)19-12-14-6-4-11-24-14;/h4,6,11,13H,3,5,7-10,12H2,1-2H3,(H2,17,18,19);1H. The molecule has 0 spiro atoms. The number of nitrogens with zero attached hydrogens (tertiary/aromatic N) is 4. The second kappa shape index (κ2) is 13.1. The Morgan fingerprint density at radius 2 is 2.20 bits per heavy atom. The topological polar surface area (TPSA) is 76.4 Å². The molecule has 140 valence electrons. The van der Waals surface area contributed by atoms with Crippen molar-refractivity contribution in [3.8, 4) is 0 Å². The summed E-state index contributed by atoms with van der Waals surface area (Å²) in [7, 11) is 1.72. The number of aryl methyl sites for hydroxylation is 1. The van der Waals surface area contributed by atoms with E-state index >= 15 is 0 Å². The van der Waals surface area contributed by atoms with Crippen molar-refractivity contribution >= 4 is 41.3 Å². The van der Waals surface area contributed by atoms with Gasteiger partial charge in [-0.25, -0.2) is 4.99 Å². The fourth-order valence-electron chi connectivity index (χ4n) is 2.19. The second-order valence-electron chi connectivity index (χ2n) is 5.24. The number of rotatable bonds is 10. The number of methoxy groups -OCH3 is 1. The molecule has 0 radical (unpaired) electrons. The molecule has 0 aromatic carbocycles. The monoisotopic (exact) mass is 478 g/mol. The van der Waals surface area contributed by atoms with Gasteiger partial charge in [-0.15, -0.1) is 45.5 Å². The maximum atomic E-state index is 5.08. The number of guanidine groups is 1. The smallest absolute Gasteiger partial charge is 0.191 e. The van der Waals surface area contributed by atoms with Gasteiger partial charge in [0.05, 0.1) is 6.54 Å². The number of hydrogen-bond donors (Lipinski definition) is 2. The summed E-state index contributed by atoms with van der Waals surface area (Å²) in [6.45, 7) is 5.92. The molecule has 0 unspecified atom stereocenters. The van der Waals surface area contributed by atoms with Gasteiger partial charge in [0.1, 0.15) is 12.2 Å². The van der Waals surface area contributed by atoms with Gasteiger partial charge in [0, 0.05) is 44.6 Å². The number of aliphatic imine (C=N–C) groups is 1. The van der Waals surface area contributed by atoms with Gasteiger partial charge >= 0.3 is 0 Å². The van der Waals surface area contributed by atoms with Crippen molar-refractivity contribution in [2.75, 3.05) is 26.8 Å². The van der Waals surface area contributed by atoms with Gasteiger partial charge in [-0.2, -0.15) is 0 Å². The van der Waals surface area contributed by atoms with Crippen LogP contribution in [0.3, 0.4) is 0 Å². The molecule has 2 heterocycles. The molecule has 0 fully saturated rings. The van der Waals surface area contributed by atoms with Crippen LogP contribution in [0.1, 0.15) is 24.0 Å². The van der Waals surface area contributed by atoms with Crippen molar-refractivity contribution in [3.63, 3.8) is 0 Å². The molecule has 2 N–H and O–H groups in total. The van der Waals surface area contributed by atoms with E-state index in [4.69, 9.17) is 4.74 Å². The van der Waals surface area contributed by atoms with E-state index in [1.165, 1.54) is 4.88 Å². The van der Waals surface area contributed by atoms with Crippen LogP contribution >= 0.6 is 35.3 Å². The molecule has 2 aromatic rings. The Morgan fingerprint density at radius 1 is 1.36 bits per heavy atom. The molecule has 0 aliphatic rings. The summed E-state index contributed by atoms with van der Waals surface area (Å²) in [4.78, 5) is 5.90. The van der Waals surface area contributed by atoms with E-state index in [0.717, 1.165) is 50.9 Å². The first-order chi connectivity index (χ1) is 11.8. The molecule has 0 saturated heterocycles. The van der Waals surface area contributed by atoms with Gasteiger partial charge in [-0.05, 0) is 17.9 Å². The Balaban J connectivity index is 0.00000312. The first kappa shape index (κ1) is 21.8. The highest BCUT2D eigenvalue weighted by Crippen LogP contribution is 2.09. The minimum atomic E-state index is 0. The maximum absolute atomic E-state index is 5.08. The number of hydrogen-bond acceptors (Lipinski definition) is 5. The molecule has 0 amide bonds. The van der Waals surface area contributed by atoms with Crippen LogP contribution in [-0.2, 0) is 24.2 Å². The molecule has 0 bridgehead atoms. The lowest BCUT2D eigenvalue weighted by Gasteiger charge is -2.13. The first-order valence-electron chi connectivity index (χ1n) is 8.23. The zero-order valence-corrected chi connectivity index (χ0v) is 17.9. The van der Waals surface area contributed by atoms with Crippen molar-refractivity contribution in [2.45, 2.75) is 32.9 Å². The van der Waals surface area contributed by atoms with Crippen LogP contribution in [-0.4, -0.2) is 47.5 Å². The Morgan fingerprint density at radius 3 is 2.92 bits per heavy atom. The third-order valence-electron chi connectivity index (χ3n) is 3.45. The first-order valence-corrected chi connectivity index (χ1v) is 9.11. The van der Waals surface area contributed by atoms with Crippen molar-refractivity contribution in [1.82, 2.24) is 25.4 Å². The second-order valence-corrected chi connectivity index (χ2v) is 6.27. The third-order valence-corrected chi connectivity index (χ3v) is 4.31. The van der Waals surface area contributed by atoms with Crippen LogP contribution in [0.25, 0.3) is 0 Å². The van der Waals surface area contributed by atoms with E-state index in [0.29, 0.717) is 6.54 Å². The Hall–Kier alpha value is -1.20. The molecule has 7 nitrogen and oxygen atoms in total. The summed E-state index contributed by atoms with van der Waals surface area (Å²) in [5.74, 6) is 1.83. The Kier molecular flexibility index (Phi) is 11.4. The van der Waals surface area contributed by atoms with Gasteiger partial charge in [-0.1, -0.05) is 13.0 Å². The van der Waals surface area contributed by atoms with Gasteiger partial charge in [0.2, 0.25) is 0 Å². The zero-order valence-electron chi connectivity index (χ0n) is 14.8. The molecule has 9 heteroatoms. The van der Waals surface area contributed by atoms with Crippen molar-refractivity contribution in [3.05, 3.63) is 34.5 Å². The van der Waals surface area contributed by atoms with Crippen LogP contribution < -0.4 is 10.6 Å². The van der Waals surface area contributed by atoms with E-state index in [1.54, 1.807) is 24.8 Å². The number of thiophene rings is 1. The predicted molar refractivity (Wildman–Crippen MR) is 113 cm³/mol. The minimum Gasteiger partial charge on any atom is -0.385 e. The number of nitrogens with one attached hydrogen (secondary N) is 2. The average molecular weight is 478 g/mol. The Bertz CT molecular complexity index is 602. The predicted octanol–water partition coefficient (Wildman–Crippen LogP) is 2.29. The molecule has 0 atom stereocenters. The van der Waals surface area contributed by atoms with E-state index in [-0.39, 0.29) is 24.0 Å². The fourth-order valence-corrected chi connectivity index (χ4v) is 2.82. The minimum absolute atomic E-state index is 0. The average Bonchev–Trinajstić information content (AvgIpc) is 3.27. The Labute approximate surface area is 170 Å². The molecule has 2 rings (SSSR count). The maximum Gasteiger partial charge on any atom is 0.191 e. The molecule has 0 saturated carbocycles. The van der Waals surface area contributed by atoms with Crippen LogP contribution in [0, 0.1) is 0 Å². The SMILES string of the molecule is CCc1nncn1CCNC(=NCc1cccs1)NCCCOC.I. The quantitative estimate of drug-likeness (QED) is 0.237. The fraction of sp³-hybridized carbons (Fsp3) is 0.562. The highest BCUT2D eigenvalue weighted by atomic mass is 127. The lowest BCUT2D eigenvalue weighted by molar-refractivity contribution is 0.195. The highest BCUT2D eigenvalue weighted by molar-refractivity contribution is 14.0. The molecular formula is C16H27IN6OS. The summed E-state index contributed by atoms with van der Waals surface area (Å²) in [5, 5.41) is 16.9. The lowest BCUT2D eigenvalue weighted by Crippen LogP contribution is -2.39. The summed E-state index contributed by atoms with van der Waals surface area (Å²) < 4.78 is 7.15. The lowest BCUT2D eigenvalue weighted by atomic mass is 10.4. The molecular weight excluding hydrogens is 451 g/mol. The summed E-state index contributed by atoms with van der Waals surface area (Å²) in [6.07, 6.45) is 3.60. The summed E-state index contributed by atoms with van der Waals surface area (Å²) in [5.41, 5.74) is 0. The van der Waals surface area contributed by atoms with E-state index in [1.807, 2.05) is 6.07 Å². The van der Waals surface area contributed by atoms with Crippen molar-refractivity contribution in [2.24, 2.45) is 4.99 Å². The molecule has 0 aliphatic carbocycles. The van der Waals surface area contributed by atoms with Gasteiger partial charge in [0.25, 0.3) is 0 Å². The number of halogens is 1. The zero-order chi connectivity index (χ0) is 17.0. The normalized spacial score (nSPS) is 11.2. The molecule has 25 heavy (non-hydrogen) atoms. The van der Waals surface area contributed by atoms with E-state index in [9.17, 15) is 0 Å². The molecule has 2 aromatic heterocycles. The van der Waals surface area contributed by atoms with Gasteiger partial charge in [0.15, 0.2) is 5.96 Å². The van der Waals surface area contributed by atoms with Crippen LogP contribution in [0.15, 0.2) is 28.8 Å².